The van der Waals surface area contributed by atoms with Crippen LogP contribution in [0, 0.1) is 0 Å². The van der Waals surface area contributed by atoms with Gasteiger partial charge in [-0.2, -0.15) is 0 Å². The highest BCUT2D eigenvalue weighted by atomic mass is 16.4. The van der Waals surface area contributed by atoms with Crippen LogP contribution < -0.4 is 5.32 Å². The van der Waals surface area contributed by atoms with Crippen LogP contribution in [-0.4, -0.2) is 22.1 Å². The van der Waals surface area contributed by atoms with Crippen molar-refractivity contribution >= 4 is 11.7 Å². The topological polar surface area (TPSA) is 62.2 Å². The summed E-state index contributed by atoms with van der Waals surface area (Å²) < 4.78 is 0. The van der Waals surface area contributed by atoms with Crippen molar-refractivity contribution in [2.45, 2.75) is 19.4 Å². The van der Waals surface area contributed by atoms with Gasteiger partial charge in [0.2, 0.25) is 0 Å². The van der Waals surface area contributed by atoms with E-state index in [9.17, 15) is 4.79 Å². The second-order valence-corrected chi connectivity index (χ2v) is 4.44. The van der Waals surface area contributed by atoms with Crippen molar-refractivity contribution in [3.63, 3.8) is 0 Å². The molecule has 0 fully saturated rings. The maximum absolute atomic E-state index is 11.1. The molecule has 1 unspecified atom stereocenters. The number of pyridine rings is 1. The molecule has 0 aliphatic carbocycles. The molecule has 0 aliphatic rings. The van der Waals surface area contributed by atoms with E-state index >= 15 is 0 Å². The van der Waals surface area contributed by atoms with Gasteiger partial charge >= 0.3 is 5.97 Å². The number of carboxylic acids is 1. The fourth-order valence-electron chi connectivity index (χ4n) is 1.98. The smallest absolute Gasteiger partial charge is 0.356 e. The number of aromatic nitrogens is 1. The molecule has 98 valence electrons. The average molecular weight is 256 g/mol. The van der Waals surface area contributed by atoms with Crippen molar-refractivity contribution in [2.75, 3.05) is 5.32 Å². The van der Waals surface area contributed by atoms with Crippen LogP contribution in [0.15, 0.2) is 48.7 Å². The van der Waals surface area contributed by atoms with Gasteiger partial charge in [0, 0.05) is 12.2 Å². The lowest BCUT2D eigenvalue weighted by atomic mass is 10.1. The number of anilines is 1. The molecule has 1 aromatic heterocycles. The Hall–Kier alpha value is -2.36. The average Bonchev–Trinajstić information content (AvgIpc) is 2.40. The van der Waals surface area contributed by atoms with Crippen LogP contribution in [0.3, 0.4) is 0 Å². The van der Waals surface area contributed by atoms with E-state index in [1.807, 2.05) is 25.1 Å². The summed E-state index contributed by atoms with van der Waals surface area (Å²) in [5.74, 6) is -1.02. The minimum atomic E-state index is -1.02. The first kappa shape index (κ1) is 13.1. The molecule has 0 radical (unpaired) electrons. The van der Waals surface area contributed by atoms with Gasteiger partial charge in [-0.25, -0.2) is 9.78 Å². The normalized spacial score (nSPS) is 11.8. The minimum absolute atomic E-state index is 0.0578. The molecule has 0 bridgehead atoms. The lowest BCUT2D eigenvalue weighted by molar-refractivity contribution is 0.0691. The van der Waals surface area contributed by atoms with Crippen LogP contribution in [0.25, 0.3) is 0 Å². The Morgan fingerprint density at radius 2 is 2.00 bits per heavy atom. The minimum Gasteiger partial charge on any atom is -0.476 e. The van der Waals surface area contributed by atoms with Gasteiger partial charge in [0.15, 0.2) is 5.69 Å². The van der Waals surface area contributed by atoms with Gasteiger partial charge in [-0.15, -0.1) is 0 Å². The summed E-state index contributed by atoms with van der Waals surface area (Å²) in [5, 5.41) is 12.3. The molecule has 19 heavy (non-hydrogen) atoms. The molecule has 2 aromatic rings. The van der Waals surface area contributed by atoms with Gasteiger partial charge in [0.25, 0.3) is 0 Å². The summed E-state index contributed by atoms with van der Waals surface area (Å²) in [4.78, 5) is 14.9. The number of aromatic carboxylic acids is 1. The summed E-state index contributed by atoms with van der Waals surface area (Å²) >= 11 is 0. The van der Waals surface area contributed by atoms with Gasteiger partial charge in [0.05, 0.1) is 5.69 Å². The molecule has 0 saturated heterocycles. The van der Waals surface area contributed by atoms with Gasteiger partial charge in [0.1, 0.15) is 0 Å². The molecule has 1 heterocycles. The number of hydrogen-bond acceptors (Lipinski definition) is 3. The number of hydrogen-bond donors (Lipinski definition) is 2. The molecule has 0 aliphatic heterocycles. The van der Waals surface area contributed by atoms with Crippen molar-refractivity contribution < 1.29 is 9.90 Å². The zero-order valence-electron chi connectivity index (χ0n) is 10.7. The zero-order valence-corrected chi connectivity index (χ0v) is 10.7. The highest BCUT2D eigenvalue weighted by Gasteiger charge is 2.12. The molecule has 1 atom stereocenters. The highest BCUT2D eigenvalue weighted by molar-refractivity contribution is 5.91. The summed E-state index contributed by atoms with van der Waals surface area (Å²) in [7, 11) is 0. The number of rotatable bonds is 5. The second kappa shape index (κ2) is 6.00. The molecule has 4 heteroatoms. The van der Waals surface area contributed by atoms with E-state index in [0.717, 1.165) is 6.42 Å². The fraction of sp³-hybridized carbons (Fsp3) is 0.200. The lowest BCUT2D eigenvalue weighted by Gasteiger charge is -2.16. The number of nitrogens with one attached hydrogen (secondary N) is 1. The van der Waals surface area contributed by atoms with Gasteiger partial charge in [-0.05, 0) is 31.0 Å². The highest BCUT2D eigenvalue weighted by Crippen LogP contribution is 2.15. The number of nitrogens with zero attached hydrogens (tertiary/aromatic N) is 1. The largest absolute Gasteiger partial charge is 0.476 e. The van der Waals surface area contributed by atoms with Crippen molar-refractivity contribution in [3.05, 3.63) is 59.9 Å². The summed E-state index contributed by atoms with van der Waals surface area (Å²) in [5.41, 5.74) is 1.82. The van der Waals surface area contributed by atoms with Crippen molar-refractivity contribution in [1.29, 1.82) is 0 Å². The van der Waals surface area contributed by atoms with E-state index in [0.29, 0.717) is 5.69 Å². The predicted molar refractivity (Wildman–Crippen MR) is 74.4 cm³/mol. The fourth-order valence-corrected chi connectivity index (χ4v) is 1.98. The molecule has 0 spiro atoms. The Morgan fingerprint density at radius 1 is 1.26 bits per heavy atom. The lowest BCUT2D eigenvalue weighted by Crippen LogP contribution is -2.20. The van der Waals surface area contributed by atoms with E-state index < -0.39 is 5.97 Å². The molecule has 2 N–H and O–H groups in total. The first-order valence-electron chi connectivity index (χ1n) is 6.15. The summed E-state index contributed by atoms with van der Waals surface area (Å²) in [6, 6.07) is 13.7. The van der Waals surface area contributed by atoms with E-state index in [1.54, 1.807) is 12.1 Å². The van der Waals surface area contributed by atoms with Crippen molar-refractivity contribution in [2.24, 2.45) is 0 Å². The van der Waals surface area contributed by atoms with Crippen LogP contribution in [0.2, 0.25) is 0 Å². The van der Waals surface area contributed by atoms with Crippen molar-refractivity contribution in [3.8, 4) is 0 Å². The monoisotopic (exact) mass is 256 g/mol. The number of carboxylic acid groups (broad SMARTS) is 1. The maximum Gasteiger partial charge on any atom is 0.356 e. The molecular formula is C15H16N2O2. The third-order valence-electron chi connectivity index (χ3n) is 2.80. The van der Waals surface area contributed by atoms with E-state index in [4.69, 9.17) is 5.11 Å². The Bertz CT molecular complexity index is 555. The second-order valence-electron chi connectivity index (χ2n) is 4.44. The SMILES string of the molecule is CC(Cc1ccccc1)Nc1cccnc1C(=O)O. The van der Waals surface area contributed by atoms with Gasteiger partial charge in [-0.3, -0.25) is 0 Å². The van der Waals surface area contributed by atoms with E-state index in [2.05, 4.69) is 22.4 Å². The number of benzene rings is 1. The van der Waals surface area contributed by atoms with Crippen LogP contribution in [0.1, 0.15) is 23.0 Å². The van der Waals surface area contributed by atoms with Crippen molar-refractivity contribution in [1.82, 2.24) is 4.98 Å². The quantitative estimate of drug-likeness (QED) is 0.863. The first-order valence-corrected chi connectivity index (χ1v) is 6.15. The predicted octanol–water partition coefficient (Wildman–Crippen LogP) is 2.82. The maximum atomic E-state index is 11.1. The zero-order chi connectivity index (χ0) is 13.7. The Kier molecular flexibility index (Phi) is 4.13. The molecule has 4 nitrogen and oxygen atoms in total. The Labute approximate surface area is 112 Å². The van der Waals surface area contributed by atoms with E-state index in [1.165, 1.54) is 11.8 Å². The third kappa shape index (κ3) is 3.55. The first-order chi connectivity index (χ1) is 9.16. The van der Waals surface area contributed by atoms with Crippen LogP contribution >= 0.6 is 0 Å². The molecular weight excluding hydrogens is 240 g/mol. The third-order valence-corrected chi connectivity index (χ3v) is 2.80. The van der Waals surface area contributed by atoms with Crippen LogP contribution in [0.4, 0.5) is 5.69 Å². The summed E-state index contributed by atoms with van der Waals surface area (Å²) in [6.07, 6.45) is 2.31. The standard InChI is InChI=1S/C15H16N2O2/c1-11(10-12-6-3-2-4-7-12)17-13-8-5-9-16-14(13)15(18)19/h2-9,11,17H,10H2,1H3,(H,18,19). The Balaban J connectivity index is 2.07. The van der Waals surface area contributed by atoms with Crippen LogP contribution in [-0.2, 0) is 6.42 Å². The summed E-state index contributed by atoms with van der Waals surface area (Å²) in [6.45, 7) is 2.02. The molecule has 1 aromatic carbocycles. The van der Waals surface area contributed by atoms with Gasteiger partial charge < -0.3 is 10.4 Å². The Morgan fingerprint density at radius 3 is 2.68 bits per heavy atom. The molecule has 0 saturated carbocycles. The van der Waals surface area contributed by atoms with Gasteiger partial charge in [-0.1, -0.05) is 30.3 Å². The van der Waals surface area contributed by atoms with Crippen LogP contribution in [0.5, 0.6) is 0 Å². The van der Waals surface area contributed by atoms with E-state index in [-0.39, 0.29) is 11.7 Å². The molecule has 2 rings (SSSR count). The number of carbonyl (C=O) groups is 1. The molecule has 0 amide bonds.